The molecule has 0 bridgehead atoms. The number of amides is 3. The van der Waals surface area contributed by atoms with E-state index < -0.39 is 63.7 Å². The molecule has 2 heterocycles. The standard InChI is InChI=1S/C21H29FN4O8S.H3N/c1-11(2)8-24(20(31)34-21(3,4)5)9-12-6-13-14(26(12)19(29)30)7-15(27)18(17(13)22)25-10-16(28)23-35(25,32)33;/h7,11-12,27H,6,8-10H2,1-5H3,(H,23,28)(H,29,30);1H3/t12-;/m0./s1. The SMILES string of the molecule is CC(C)CN(C[C@@H]1Cc2c(cc(O)c(N3CC(=O)NS3(=O)=O)c2F)N1C(=O)O)C(=O)OC(C)(C)C.N. The second-order valence-electron chi connectivity index (χ2n) is 9.88. The summed E-state index contributed by atoms with van der Waals surface area (Å²) in [6.45, 7) is 8.19. The summed E-state index contributed by atoms with van der Waals surface area (Å²) >= 11 is 0. The molecule has 1 aromatic carbocycles. The van der Waals surface area contributed by atoms with Crippen LogP contribution in [-0.2, 0) is 26.2 Å². The number of hydrogen-bond donors (Lipinski definition) is 4. The van der Waals surface area contributed by atoms with Crippen molar-refractivity contribution in [1.82, 2.24) is 15.8 Å². The molecule has 15 heteroatoms. The van der Waals surface area contributed by atoms with Crippen LogP contribution in [0.3, 0.4) is 0 Å². The van der Waals surface area contributed by atoms with Crippen LogP contribution in [-0.4, -0.2) is 72.9 Å². The zero-order valence-electron chi connectivity index (χ0n) is 20.7. The number of fused-ring (bicyclic) bond motifs is 1. The van der Waals surface area contributed by atoms with Gasteiger partial charge in [-0.2, -0.15) is 8.42 Å². The van der Waals surface area contributed by atoms with Crippen LogP contribution >= 0.6 is 0 Å². The lowest BCUT2D eigenvalue weighted by Gasteiger charge is -2.32. The number of phenols is 1. The van der Waals surface area contributed by atoms with Gasteiger partial charge in [0.2, 0.25) is 0 Å². The lowest BCUT2D eigenvalue weighted by Crippen LogP contribution is -2.48. The Morgan fingerprint density at radius 2 is 1.94 bits per heavy atom. The van der Waals surface area contributed by atoms with Gasteiger partial charge in [0.25, 0.3) is 5.91 Å². The number of halogens is 1. The maximum absolute atomic E-state index is 15.6. The second-order valence-corrected chi connectivity index (χ2v) is 11.5. The average molecular weight is 534 g/mol. The van der Waals surface area contributed by atoms with Crippen molar-refractivity contribution in [3.05, 3.63) is 17.4 Å². The molecule has 0 saturated carbocycles. The number of aromatic hydroxyl groups is 1. The quantitative estimate of drug-likeness (QED) is 0.439. The first-order chi connectivity index (χ1) is 16.0. The molecule has 202 valence electrons. The maximum Gasteiger partial charge on any atom is 0.412 e. The van der Waals surface area contributed by atoms with E-state index in [2.05, 4.69) is 0 Å². The van der Waals surface area contributed by atoms with Crippen LogP contribution in [0, 0.1) is 11.7 Å². The first-order valence-corrected chi connectivity index (χ1v) is 12.3. The molecule has 0 spiro atoms. The lowest BCUT2D eigenvalue weighted by atomic mass is 10.1. The molecule has 3 amide bonds. The monoisotopic (exact) mass is 533 g/mol. The van der Waals surface area contributed by atoms with Crippen molar-refractivity contribution in [1.29, 1.82) is 0 Å². The summed E-state index contributed by atoms with van der Waals surface area (Å²) < 4.78 is 47.5. The van der Waals surface area contributed by atoms with Gasteiger partial charge in [0.1, 0.15) is 23.6 Å². The number of carbonyl (C=O) groups is 3. The fourth-order valence-electron chi connectivity index (χ4n) is 4.12. The van der Waals surface area contributed by atoms with Crippen LogP contribution in [0.5, 0.6) is 5.75 Å². The van der Waals surface area contributed by atoms with Gasteiger partial charge in [-0.15, -0.1) is 0 Å². The molecule has 1 atom stereocenters. The van der Waals surface area contributed by atoms with E-state index in [4.69, 9.17) is 4.74 Å². The molecule has 1 aromatic rings. The number of hydrogen-bond acceptors (Lipinski definition) is 8. The number of nitrogens with one attached hydrogen (secondary N) is 1. The summed E-state index contributed by atoms with van der Waals surface area (Å²) in [5, 5.41) is 20.3. The molecule has 36 heavy (non-hydrogen) atoms. The highest BCUT2D eigenvalue weighted by Gasteiger charge is 2.43. The molecule has 6 N–H and O–H groups in total. The van der Waals surface area contributed by atoms with Crippen molar-refractivity contribution < 1.29 is 42.1 Å². The smallest absolute Gasteiger partial charge is 0.412 e. The third-order valence-corrected chi connectivity index (χ3v) is 6.68. The Labute approximate surface area is 208 Å². The predicted molar refractivity (Wildman–Crippen MR) is 128 cm³/mol. The Morgan fingerprint density at radius 1 is 1.33 bits per heavy atom. The fraction of sp³-hybridized carbons (Fsp3) is 0.571. The Kier molecular flexibility index (Phi) is 8.00. The number of rotatable bonds is 5. The Hall–Kier alpha value is -3.33. The van der Waals surface area contributed by atoms with Crippen molar-refractivity contribution in [3.8, 4) is 5.75 Å². The normalized spacial score (nSPS) is 18.5. The first-order valence-electron chi connectivity index (χ1n) is 10.9. The van der Waals surface area contributed by atoms with E-state index in [-0.39, 0.29) is 42.8 Å². The van der Waals surface area contributed by atoms with Gasteiger partial charge in [-0.05, 0) is 26.7 Å². The fourth-order valence-corrected chi connectivity index (χ4v) is 5.28. The maximum atomic E-state index is 15.6. The van der Waals surface area contributed by atoms with Crippen LogP contribution in [0.1, 0.15) is 40.2 Å². The number of ether oxygens (including phenoxy) is 1. The van der Waals surface area contributed by atoms with Crippen molar-refractivity contribution in [3.63, 3.8) is 0 Å². The number of phenolic OH excluding ortho intramolecular Hbond substituents is 1. The molecule has 0 aliphatic carbocycles. The molecule has 1 saturated heterocycles. The predicted octanol–water partition coefficient (Wildman–Crippen LogP) is 2.18. The number of nitrogens with zero attached hydrogens (tertiary/aromatic N) is 3. The summed E-state index contributed by atoms with van der Waals surface area (Å²) in [5.74, 6) is -2.90. The number of anilines is 2. The lowest BCUT2D eigenvalue weighted by molar-refractivity contribution is -0.117. The van der Waals surface area contributed by atoms with E-state index in [1.54, 1.807) is 25.5 Å². The molecule has 2 aliphatic rings. The topological polar surface area (TPSA) is 192 Å². The minimum Gasteiger partial charge on any atom is -0.506 e. The summed E-state index contributed by atoms with van der Waals surface area (Å²) in [7, 11) is -4.42. The van der Waals surface area contributed by atoms with Crippen molar-refractivity contribution >= 4 is 39.7 Å². The molecule has 13 nitrogen and oxygen atoms in total. The highest BCUT2D eigenvalue weighted by atomic mass is 32.2. The number of carboxylic acid groups (broad SMARTS) is 1. The molecular weight excluding hydrogens is 501 g/mol. The summed E-state index contributed by atoms with van der Waals surface area (Å²) in [5.41, 5.74) is -1.88. The average Bonchev–Trinajstić information content (AvgIpc) is 3.15. The third-order valence-electron chi connectivity index (χ3n) is 5.31. The molecule has 0 aromatic heterocycles. The van der Waals surface area contributed by atoms with Gasteiger partial charge in [0.05, 0.1) is 11.7 Å². The molecule has 0 unspecified atom stereocenters. The third kappa shape index (κ3) is 5.73. The minimum absolute atomic E-state index is 0. The van der Waals surface area contributed by atoms with E-state index in [0.717, 1.165) is 11.0 Å². The molecular formula is C21H32FN5O8S. The Morgan fingerprint density at radius 3 is 2.42 bits per heavy atom. The Balaban J connectivity index is 0.00000456. The summed E-state index contributed by atoms with van der Waals surface area (Å²) in [6.07, 6.45) is -2.31. The highest BCUT2D eigenvalue weighted by Crippen LogP contribution is 2.44. The van der Waals surface area contributed by atoms with Gasteiger partial charge < -0.3 is 26.0 Å². The molecule has 2 aliphatic heterocycles. The molecule has 0 radical (unpaired) electrons. The van der Waals surface area contributed by atoms with Crippen molar-refractivity contribution in [2.75, 3.05) is 28.8 Å². The van der Waals surface area contributed by atoms with Gasteiger partial charge in [0, 0.05) is 31.1 Å². The minimum atomic E-state index is -4.42. The number of carbonyl (C=O) groups excluding carboxylic acids is 2. The largest absolute Gasteiger partial charge is 0.506 e. The van der Waals surface area contributed by atoms with E-state index in [1.165, 1.54) is 4.90 Å². The molecule has 1 fully saturated rings. The zero-order valence-corrected chi connectivity index (χ0v) is 21.6. The van der Waals surface area contributed by atoms with E-state index in [0.29, 0.717) is 4.31 Å². The van der Waals surface area contributed by atoms with Gasteiger partial charge in [0.15, 0.2) is 5.82 Å². The van der Waals surface area contributed by atoms with Gasteiger partial charge in [-0.1, -0.05) is 13.8 Å². The van der Waals surface area contributed by atoms with Crippen LogP contribution in [0.25, 0.3) is 0 Å². The van der Waals surface area contributed by atoms with E-state index in [9.17, 15) is 33.0 Å². The second kappa shape index (κ2) is 9.97. The van der Waals surface area contributed by atoms with Crippen LogP contribution in [0.4, 0.5) is 25.4 Å². The molecule has 3 rings (SSSR count). The van der Waals surface area contributed by atoms with Crippen molar-refractivity contribution in [2.24, 2.45) is 5.92 Å². The summed E-state index contributed by atoms with van der Waals surface area (Å²) in [6, 6.07) is 0.00772. The van der Waals surface area contributed by atoms with Crippen LogP contribution < -0.4 is 20.1 Å². The van der Waals surface area contributed by atoms with Crippen LogP contribution in [0.2, 0.25) is 0 Å². The van der Waals surface area contributed by atoms with E-state index in [1.807, 2.05) is 13.8 Å². The van der Waals surface area contributed by atoms with Gasteiger partial charge in [-0.25, -0.2) is 23.0 Å². The first kappa shape index (κ1) is 28.9. The van der Waals surface area contributed by atoms with Gasteiger partial charge in [-0.3, -0.25) is 9.69 Å². The highest BCUT2D eigenvalue weighted by molar-refractivity contribution is 7.92. The van der Waals surface area contributed by atoms with Crippen LogP contribution in [0.15, 0.2) is 6.07 Å². The van der Waals surface area contributed by atoms with Gasteiger partial charge >= 0.3 is 22.4 Å². The summed E-state index contributed by atoms with van der Waals surface area (Å²) in [4.78, 5) is 38.7. The number of benzene rings is 1. The van der Waals surface area contributed by atoms with Crippen molar-refractivity contribution in [2.45, 2.75) is 52.7 Å². The van der Waals surface area contributed by atoms with E-state index >= 15 is 4.39 Å². The Bertz CT molecular complexity index is 1170. The zero-order chi connectivity index (χ0) is 26.5.